The van der Waals surface area contributed by atoms with E-state index < -0.39 is 11.4 Å². The monoisotopic (exact) mass is 385 g/mol. The molecule has 1 aromatic carbocycles. The lowest BCUT2D eigenvalue weighted by Gasteiger charge is -2.39. The van der Waals surface area contributed by atoms with Gasteiger partial charge in [0.1, 0.15) is 5.56 Å². The third kappa shape index (κ3) is 3.03. The van der Waals surface area contributed by atoms with Gasteiger partial charge in [0.25, 0.3) is 0 Å². The van der Waals surface area contributed by atoms with Gasteiger partial charge in [0.05, 0.1) is 23.7 Å². The molecule has 1 aliphatic heterocycles. The quantitative estimate of drug-likeness (QED) is 0.730. The van der Waals surface area contributed by atoms with Crippen molar-refractivity contribution in [1.82, 2.24) is 4.98 Å². The van der Waals surface area contributed by atoms with Gasteiger partial charge in [-0.15, -0.1) is 0 Å². The molecule has 2 aromatic rings. The van der Waals surface area contributed by atoms with Crippen molar-refractivity contribution in [2.45, 2.75) is 44.6 Å². The molecule has 150 valence electrons. The average molecular weight is 385 g/mol. The molecule has 7 heteroatoms. The maximum atomic E-state index is 12.8. The smallest absolute Gasteiger partial charge is 0.341 e. The van der Waals surface area contributed by atoms with Crippen molar-refractivity contribution in [2.75, 3.05) is 25.1 Å². The normalized spacial score (nSPS) is 22.5. The zero-order chi connectivity index (χ0) is 20.0. The second-order valence-corrected chi connectivity index (χ2v) is 7.95. The van der Waals surface area contributed by atoms with Gasteiger partial charge in [-0.1, -0.05) is 13.3 Å². The fraction of sp³-hybridized carbons (Fsp3) is 0.524. The van der Waals surface area contributed by atoms with Crippen LogP contribution >= 0.6 is 0 Å². The summed E-state index contributed by atoms with van der Waals surface area (Å²) in [4.78, 5) is 29.4. The number of aromatic carboxylic acids is 1. The Morgan fingerprint density at radius 3 is 2.71 bits per heavy atom. The Hall–Kier alpha value is -2.54. The summed E-state index contributed by atoms with van der Waals surface area (Å²) in [6.45, 7) is 3.82. The van der Waals surface area contributed by atoms with E-state index in [1.807, 2.05) is 6.07 Å². The first kappa shape index (κ1) is 18.8. The number of nitrogens with zero attached hydrogens (tertiary/aromatic N) is 1. The summed E-state index contributed by atoms with van der Waals surface area (Å²) in [5, 5.41) is 9.68. The molecule has 1 saturated carbocycles. The number of carboxylic acid groups (broad SMARTS) is 1. The van der Waals surface area contributed by atoms with Crippen molar-refractivity contribution in [1.29, 1.82) is 0 Å². The first-order valence-electron chi connectivity index (χ1n) is 9.96. The Morgan fingerprint density at radius 2 is 2.14 bits per heavy atom. The molecule has 0 spiro atoms. The lowest BCUT2D eigenvalue weighted by molar-refractivity contribution is 0.0695. The summed E-state index contributed by atoms with van der Waals surface area (Å²) in [5.74, 6) is 0.272. The molecule has 2 fully saturated rings. The first-order valence-corrected chi connectivity index (χ1v) is 9.96. The molecule has 0 radical (unpaired) electrons. The van der Waals surface area contributed by atoms with Gasteiger partial charge in [0, 0.05) is 25.3 Å². The number of nitrogens with two attached hydrogens (primary N) is 1. The zero-order valence-electron chi connectivity index (χ0n) is 16.3. The third-order valence-corrected chi connectivity index (χ3v) is 6.23. The molecule has 2 aliphatic rings. The van der Waals surface area contributed by atoms with E-state index in [4.69, 9.17) is 10.5 Å². The van der Waals surface area contributed by atoms with Crippen molar-refractivity contribution in [3.63, 3.8) is 0 Å². The number of methoxy groups -OCH3 is 1. The highest BCUT2D eigenvalue weighted by molar-refractivity contribution is 5.97. The average Bonchev–Trinajstić information content (AvgIpc) is 3.51. The van der Waals surface area contributed by atoms with Crippen LogP contribution in [0.4, 0.5) is 5.69 Å². The van der Waals surface area contributed by atoms with Gasteiger partial charge in [-0.05, 0) is 42.7 Å². The topological polar surface area (TPSA) is 109 Å². The fourth-order valence-electron chi connectivity index (χ4n) is 4.48. The zero-order valence-corrected chi connectivity index (χ0v) is 16.3. The minimum atomic E-state index is -1.23. The number of hydrogen-bond donors (Lipinski definition) is 3. The molecule has 4 rings (SSSR count). The van der Waals surface area contributed by atoms with Crippen LogP contribution in [-0.4, -0.2) is 42.3 Å². The van der Waals surface area contributed by atoms with Gasteiger partial charge in [-0.2, -0.15) is 0 Å². The van der Waals surface area contributed by atoms with E-state index >= 15 is 0 Å². The standard InChI is InChI=1S/C21H27N3O4/c1-3-11-6-7-24(10-16(11)22)18-13(12-4-5-12)8-14-17(20(18)28-2)23-9-15(19(14)25)21(26)27/h8-9,11-12,16H,3-7,10,22H2,1-2H3,(H,23,25)(H,26,27). The summed E-state index contributed by atoms with van der Waals surface area (Å²) < 4.78 is 5.77. The predicted octanol–water partition coefficient (Wildman–Crippen LogP) is 2.68. The van der Waals surface area contributed by atoms with Crippen LogP contribution in [0.5, 0.6) is 5.75 Å². The van der Waals surface area contributed by atoms with Crippen LogP contribution in [0.1, 0.15) is 54.4 Å². The second-order valence-electron chi connectivity index (χ2n) is 7.95. The highest BCUT2D eigenvalue weighted by atomic mass is 16.5. The number of aromatic amines is 1. The number of benzene rings is 1. The molecule has 2 unspecified atom stereocenters. The Labute approximate surface area is 163 Å². The lowest BCUT2D eigenvalue weighted by Crippen LogP contribution is -2.48. The van der Waals surface area contributed by atoms with Crippen LogP contribution in [0, 0.1) is 5.92 Å². The SMILES string of the molecule is CCC1CCN(c2c(C3CC3)cc3c(=O)c(C(=O)O)c[nH]c3c2OC)CC1N. The Kier molecular flexibility index (Phi) is 4.79. The van der Waals surface area contributed by atoms with Crippen LogP contribution in [-0.2, 0) is 0 Å². The minimum absolute atomic E-state index is 0.0969. The minimum Gasteiger partial charge on any atom is -0.492 e. The summed E-state index contributed by atoms with van der Waals surface area (Å²) in [5.41, 5.74) is 8.32. The maximum Gasteiger partial charge on any atom is 0.341 e. The number of rotatable bonds is 5. The molecule has 1 aliphatic carbocycles. The van der Waals surface area contributed by atoms with Gasteiger partial charge in [-0.25, -0.2) is 4.79 Å². The van der Waals surface area contributed by atoms with Crippen LogP contribution in [0.25, 0.3) is 10.9 Å². The molecular weight excluding hydrogens is 358 g/mol. The van der Waals surface area contributed by atoms with E-state index in [2.05, 4.69) is 16.8 Å². The van der Waals surface area contributed by atoms with Crippen molar-refractivity contribution in [2.24, 2.45) is 11.7 Å². The molecule has 2 heterocycles. The number of carboxylic acids is 1. The van der Waals surface area contributed by atoms with Crippen LogP contribution < -0.4 is 20.8 Å². The molecule has 0 amide bonds. The number of anilines is 1. The first-order chi connectivity index (χ1) is 13.5. The van der Waals surface area contributed by atoms with Gasteiger partial charge < -0.3 is 25.5 Å². The molecule has 0 bridgehead atoms. The lowest BCUT2D eigenvalue weighted by atomic mass is 9.89. The number of fused-ring (bicyclic) bond motifs is 1. The van der Waals surface area contributed by atoms with E-state index in [9.17, 15) is 14.7 Å². The van der Waals surface area contributed by atoms with Crippen LogP contribution in [0.15, 0.2) is 17.1 Å². The van der Waals surface area contributed by atoms with Crippen LogP contribution in [0.2, 0.25) is 0 Å². The number of nitrogens with one attached hydrogen (secondary N) is 1. The van der Waals surface area contributed by atoms with E-state index in [0.717, 1.165) is 50.0 Å². The predicted molar refractivity (Wildman–Crippen MR) is 109 cm³/mol. The molecule has 7 nitrogen and oxygen atoms in total. The number of ether oxygens (including phenoxy) is 1. The van der Waals surface area contributed by atoms with Gasteiger partial charge in [0.15, 0.2) is 5.75 Å². The summed E-state index contributed by atoms with van der Waals surface area (Å²) in [6, 6.07) is 1.97. The summed E-state index contributed by atoms with van der Waals surface area (Å²) in [7, 11) is 1.59. The van der Waals surface area contributed by atoms with Crippen molar-refractivity contribution >= 4 is 22.6 Å². The van der Waals surface area contributed by atoms with Crippen molar-refractivity contribution < 1.29 is 14.6 Å². The van der Waals surface area contributed by atoms with Gasteiger partial charge in [0.2, 0.25) is 5.43 Å². The molecular formula is C21H27N3O4. The van der Waals surface area contributed by atoms with Crippen LogP contribution in [0.3, 0.4) is 0 Å². The van der Waals surface area contributed by atoms with E-state index in [-0.39, 0.29) is 11.6 Å². The number of pyridine rings is 1. The largest absolute Gasteiger partial charge is 0.492 e. The van der Waals surface area contributed by atoms with E-state index in [1.165, 1.54) is 6.20 Å². The Balaban J connectivity index is 1.91. The number of piperidine rings is 1. The summed E-state index contributed by atoms with van der Waals surface area (Å²) in [6.07, 6.45) is 5.48. The fourth-order valence-corrected chi connectivity index (χ4v) is 4.48. The van der Waals surface area contributed by atoms with E-state index in [1.54, 1.807) is 7.11 Å². The number of carbonyl (C=O) groups is 1. The molecule has 28 heavy (non-hydrogen) atoms. The van der Waals surface area contributed by atoms with Crippen molar-refractivity contribution in [3.8, 4) is 5.75 Å². The molecule has 2 atom stereocenters. The maximum absolute atomic E-state index is 12.8. The Bertz CT molecular complexity index is 980. The van der Waals surface area contributed by atoms with Gasteiger partial charge >= 0.3 is 5.97 Å². The summed E-state index contributed by atoms with van der Waals surface area (Å²) >= 11 is 0. The second kappa shape index (κ2) is 7.13. The molecule has 1 saturated heterocycles. The third-order valence-electron chi connectivity index (χ3n) is 6.23. The highest BCUT2D eigenvalue weighted by Gasteiger charge is 2.34. The van der Waals surface area contributed by atoms with E-state index in [0.29, 0.717) is 28.5 Å². The molecule has 4 N–H and O–H groups in total. The number of hydrogen-bond acceptors (Lipinski definition) is 5. The number of aromatic nitrogens is 1. The highest BCUT2D eigenvalue weighted by Crippen LogP contribution is 2.50. The Morgan fingerprint density at radius 1 is 1.39 bits per heavy atom. The van der Waals surface area contributed by atoms with Crippen molar-refractivity contribution in [3.05, 3.63) is 33.6 Å². The number of H-pyrrole nitrogens is 1. The van der Waals surface area contributed by atoms with Gasteiger partial charge in [-0.3, -0.25) is 4.79 Å². The molecule has 1 aromatic heterocycles.